The topological polar surface area (TPSA) is 24.8 Å². The molecule has 2 aliphatic heterocycles. The number of hydrogen-bond acceptors (Lipinski definition) is 3. The van der Waals surface area contributed by atoms with Crippen LogP contribution in [-0.4, -0.2) is 41.9 Å². The molecule has 206 valence electrons. The third kappa shape index (κ3) is 4.51. The first kappa shape index (κ1) is 26.6. The molecular weight excluding hydrogens is 476 g/mol. The van der Waals surface area contributed by atoms with Gasteiger partial charge in [0, 0.05) is 35.4 Å². The molecule has 39 heavy (non-hydrogen) atoms. The Morgan fingerprint density at radius 1 is 1.08 bits per heavy atom. The van der Waals surface area contributed by atoms with Gasteiger partial charge in [0.2, 0.25) is 0 Å². The maximum atomic E-state index is 6.29. The van der Waals surface area contributed by atoms with Gasteiger partial charge in [0.05, 0.1) is 24.1 Å². The van der Waals surface area contributed by atoms with Crippen LogP contribution >= 0.6 is 0 Å². The highest BCUT2D eigenvalue weighted by Gasteiger charge is 2.43. The molecule has 3 nitrogen and oxygen atoms in total. The number of aliphatic imine (C=N–C) groups is 1. The zero-order valence-electron chi connectivity index (χ0n) is 24.6. The number of benzene rings is 2. The number of nitrogens with zero attached hydrogens (tertiary/aromatic N) is 2. The van der Waals surface area contributed by atoms with Crippen LogP contribution in [0.1, 0.15) is 102 Å². The summed E-state index contributed by atoms with van der Waals surface area (Å²) in [7, 11) is 0. The van der Waals surface area contributed by atoms with Crippen LogP contribution in [0.5, 0.6) is 0 Å². The van der Waals surface area contributed by atoms with Crippen molar-refractivity contribution in [1.29, 1.82) is 0 Å². The van der Waals surface area contributed by atoms with Crippen LogP contribution in [0.25, 0.3) is 10.8 Å². The second-order valence-electron chi connectivity index (χ2n) is 13.0. The van der Waals surface area contributed by atoms with Gasteiger partial charge in [0.15, 0.2) is 0 Å². The lowest BCUT2D eigenvalue weighted by Crippen LogP contribution is -2.45. The van der Waals surface area contributed by atoms with Crippen LogP contribution in [0.2, 0.25) is 0 Å². The minimum absolute atomic E-state index is 0.132. The smallest absolute Gasteiger partial charge is 0.0909 e. The Morgan fingerprint density at radius 2 is 1.87 bits per heavy atom. The van der Waals surface area contributed by atoms with E-state index >= 15 is 0 Å². The van der Waals surface area contributed by atoms with E-state index in [9.17, 15) is 0 Å². The van der Waals surface area contributed by atoms with Crippen LogP contribution in [0.15, 0.2) is 71.5 Å². The van der Waals surface area contributed by atoms with Gasteiger partial charge in [-0.05, 0) is 79.1 Å². The molecule has 0 amide bonds. The van der Waals surface area contributed by atoms with Gasteiger partial charge >= 0.3 is 0 Å². The van der Waals surface area contributed by atoms with Crippen LogP contribution in [0, 0.1) is 0 Å². The van der Waals surface area contributed by atoms with Gasteiger partial charge in [-0.25, -0.2) is 0 Å². The van der Waals surface area contributed by atoms with Gasteiger partial charge in [-0.1, -0.05) is 82.7 Å². The van der Waals surface area contributed by atoms with Crippen molar-refractivity contribution in [2.45, 2.75) is 109 Å². The normalized spacial score (nSPS) is 29.1. The Labute approximate surface area is 235 Å². The van der Waals surface area contributed by atoms with E-state index in [2.05, 4.69) is 76.1 Å². The molecule has 0 N–H and O–H groups in total. The van der Waals surface area contributed by atoms with Crippen LogP contribution in [-0.2, 0) is 10.2 Å². The van der Waals surface area contributed by atoms with Crippen molar-refractivity contribution in [1.82, 2.24) is 4.90 Å². The fraction of sp³-hybridized carbons (Fsp3) is 0.528. The van der Waals surface area contributed by atoms with Gasteiger partial charge in [0.25, 0.3) is 0 Å². The molecule has 0 bridgehead atoms. The molecular formula is C36H46N2O. The van der Waals surface area contributed by atoms with E-state index in [0.717, 1.165) is 38.2 Å². The van der Waals surface area contributed by atoms with Crippen molar-refractivity contribution in [3.8, 4) is 0 Å². The summed E-state index contributed by atoms with van der Waals surface area (Å²) in [5, 5.41) is 2.72. The molecule has 0 spiro atoms. The Bertz CT molecular complexity index is 1360. The highest BCUT2D eigenvalue weighted by Crippen LogP contribution is 2.51. The highest BCUT2D eigenvalue weighted by molar-refractivity contribution is 6.25. The van der Waals surface area contributed by atoms with Crippen molar-refractivity contribution in [2.75, 3.05) is 13.2 Å². The molecule has 2 aromatic carbocycles. The summed E-state index contributed by atoms with van der Waals surface area (Å²) in [4.78, 5) is 8.50. The monoisotopic (exact) mass is 522 g/mol. The van der Waals surface area contributed by atoms with Crippen molar-refractivity contribution in [2.24, 2.45) is 4.99 Å². The van der Waals surface area contributed by atoms with Crippen molar-refractivity contribution >= 4 is 16.5 Å². The third-order valence-electron chi connectivity index (χ3n) is 10.3. The molecule has 2 aliphatic carbocycles. The van der Waals surface area contributed by atoms with Crippen LogP contribution < -0.4 is 0 Å². The molecule has 1 saturated heterocycles. The fourth-order valence-electron chi connectivity index (χ4n) is 8.24. The van der Waals surface area contributed by atoms with Gasteiger partial charge in [-0.2, -0.15) is 0 Å². The fourth-order valence-corrected chi connectivity index (χ4v) is 8.24. The summed E-state index contributed by atoms with van der Waals surface area (Å²) in [6.45, 7) is 19.8. The molecule has 2 fully saturated rings. The lowest BCUT2D eigenvalue weighted by Gasteiger charge is -2.43. The lowest BCUT2D eigenvalue weighted by molar-refractivity contribution is 0.0871. The molecule has 0 radical (unpaired) electrons. The molecule has 4 aliphatic rings. The Kier molecular flexibility index (Phi) is 7.08. The average molecular weight is 523 g/mol. The molecule has 3 atom stereocenters. The molecule has 2 unspecified atom stereocenters. The van der Waals surface area contributed by atoms with E-state index in [-0.39, 0.29) is 11.5 Å². The first-order valence-corrected chi connectivity index (χ1v) is 15.4. The minimum atomic E-state index is -0.150. The van der Waals surface area contributed by atoms with E-state index in [1.807, 2.05) is 6.08 Å². The highest BCUT2D eigenvalue weighted by atomic mass is 16.5. The molecule has 2 heterocycles. The largest absolute Gasteiger partial charge is 0.498 e. The third-order valence-corrected chi connectivity index (χ3v) is 10.3. The van der Waals surface area contributed by atoms with Crippen molar-refractivity contribution < 1.29 is 4.74 Å². The number of hydrogen-bond donors (Lipinski definition) is 0. The van der Waals surface area contributed by atoms with Gasteiger partial charge < -0.3 is 4.74 Å². The lowest BCUT2D eigenvalue weighted by atomic mass is 9.63. The second kappa shape index (κ2) is 10.4. The standard InChI is InChI=1S/C36H46N2O/c1-7-23(2)34-35-33-29(17-16-26-12-11-15-30(32(26)33)36(34,5)6)28-18-20-38(27-13-9-8-10-14-27)24(3)19-21-39-25(4)22-31(28)37-35/h7,11-12,15-17,24,27-28,31H,1,4,8-10,13-14,18-22H2,2-3,5-6H3/b34-23-/t24-,28?,31?/m0/s1. The summed E-state index contributed by atoms with van der Waals surface area (Å²) in [5.41, 5.74) is 7.82. The Morgan fingerprint density at radius 3 is 2.64 bits per heavy atom. The maximum Gasteiger partial charge on any atom is 0.0909 e. The van der Waals surface area contributed by atoms with Crippen molar-refractivity contribution in [3.05, 3.63) is 83.2 Å². The number of ether oxygens (including phenoxy) is 1. The summed E-state index contributed by atoms with van der Waals surface area (Å²) in [6, 6.07) is 13.0. The van der Waals surface area contributed by atoms with Gasteiger partial charge in [0.1, 0.15) is 0 Å². The maximum absolute atomic E-state index is 6.29. The predicted octanol–water partition coefficient (Wildman–Crippen LogP) is 8.63. The predicted molar refractivity (Wildman–Crippen MR) is 165 cm³/mol. The van der Waals surface area contributed by atoms with Gasteiger partial charge in [-0.3, -0.25) is 9.89 Å². The Hall–Kier alpha value is -2.65. The molecule has 6 rings (SSSR count). The molecule has 0 aromatic heterocycles. The van der Waals surface area contributed by atoms with Crippen LogP contribution in [0.3, 0.4) is 0 Å². The first-order chi connectivity index (χ1) is 18.8. The first-order valence-electron chi connectivity index (χ1n) is 15.4. The SMILES string of the molecule is C=C/C(C)=C1/C2=NC3CC(=C)OCC[C@H](C)N(C4CCCCC4)CCC3c3ccc4cccc(c4c32)C1(C)C. The summed E-state index contributed by atoms with van der Waals surface area (Å²) in [6.07, 6.45) is 11.8. The number of rotatable bonds is 2. The summed E-state index contributed by atoms with van der Waals surface area (Å²) < 4.78 is 6.29. The summed E-state index contributed by atoms with van der Waals surface area (Å²) >= 11 is 0. The molecule has 3 heteroatoms. The van der Waals surface area contributed by atoms with E-state index in [0.29, 0.717) is 18.0 Å². The minimum Gasteiger partial charge on any atom is -0.498 e. The van der Waals surface area contributed by atoms with Crippen LogP contribution in [0.4, 0.5) is 0 Å². The van der Waals surface area contributed by atoms with E-state index < -0.39 is 0 Å². The van der Waals surface area contributed by atoms with Crippen molar-refractivity contribution in [3.63, 3.8) is 0 Å². The number of allylic oxidation sites excluding steroid dienone is 3. The second-order valence-corrected chi connectivity index (χ2v) is 13.0. The molecule has 1 saturated carbocycles. The quantitative estimate of drug-likeness (QED) is 0.394. The number of fused-ring (bicyclic) bond motifs is 2. The van der Waals surface area contributed by atoms with E-state index in [1.54, 1.807) is 0 Å². The zero-order valence-corrected chi connectivity index (χ0v) is 24.6. The molecule has 2 aromatic rings. The summed E-state index contributed by atoms with van der Waals surface area (Å²) in [5.74, 6) is 1.24. The van der Waals surface area contributed by atoms with E-state index in [1.165, 1.54) is 76.4 Å². The van der Waals surface area contributed by atoms with E-state index in [4.69, 9.17) is 9.73 Å². The average Bonchev–Trinajstić information content (AvgIpc) is 2.95. The zero-order chi connectivity index (χ0) is 27.3. The van der Waals surface area contributed by atoms with Gasteiger partial charge in [-0.15, -0.1) is 0 Å². The Balaban J connectivity index is 1.52.